The fourth-order valence-corrected chi connectivity index (χ4v) is 4.81. The van der Waals surface area contributed by atoms with E-state index in [2.05, 4.69) is 9.80 Å². The molecular weight excluding hydrogens is 526 g/mol. The molecule has 11 nitrogen and oxygen atoms in total. The van der Waals surface area contributed by atoms with Gasteiger partial charge in [0.2, 0.25) is 0 Å². The zero-order valence-corrected chi connectivity index (χ0v) is 24.4. The number of piperazine rings is 1. The summed E-state index contributed by atoms with van der Waals surface area (Å²) in [4.78, 5) is 27.0. The molecule has 0 aromatic heterocycles. The zero-order chi connectivity index (χ0) is 29.9. The SMILES string of the molecule is CN(CCO)c1ccc([N+](=O)[O-])cc1.O=[N+]([O-])c1ccc(N2CCN(CCCCCCCCCCCO)CC2)cc1. The lowest BCUT2D eigenvalue weighted by atomic mass is 10.1. The van der Waals surface area contributed by atoms with Crippen LogP contribution in [0.5, 0.6) is 0 Å². The lowest BCUT2D eigenvalue weighted by Gasteiger charge is -2.36. The molecule has 1 heterocycles. The highest BCUT2D eigenvalue weighted by Gasteiger charge is 2.17. The number of nitrogens with zero attached hydrogens (tertiary/aromatic N) is 5. The Morgan fingerprint density at radius 2 is 1.15 bits per heavy atom. The van der Waals surface area contributed by atoms with Crippen LogP contribution >= 0.6 is 0 Å². The normalized spacial score (nSPS) is 13.4. The summed E-state index contributed by atoms with van der Waals surface area (Å²) >= 11 is 0. The van der Waals surface area contributed by atoms with Crippen molar-refractivity contribution < 1.29 is 20.1 Å². The van der Waals surface area contributed by atoms with Crippen LogP contribution in [-0.2, 0) is 0 Å². The highest BCUT2D eigenvalue weighted by molar-refractivity contribution is 5.51. The largest absolute Gasteiger partial charge is 0.396 e. The average molecular weight is 574 g/mol. The molecule has 228 valence electrons. The van der Waals surface area contributed by atoms with Crippen LogP contribution in [0.1, 0.15) is 57.8 Å². The van der Waals surface area contributed by atoms with E-state index in [4.69, 9.17) is 10.2 Å². The van der Waals surface area contributed by atoms with Crippen LogP contribution in [0, 0.1) is 20.2 Å². The van der Waals surface area contributed by atoms with E-state index in [9.17, 15) is 20.2 Å². The lowest BCUT2D eigenvalue weighted by Crippen LogP contribution is -2.46. The van der Waals surface area contributed by atoms with Crippen LogP contribution in [0.25, 0.3) is 0 Å². The van der Waals surface area contributed by atoms with Gasteiger partial charge >= 0.3 is 0 Å². The van der Waals surface area contributed by atoms with E-state index in [1.807, 2.05) is 24.1 Å². The molecule has 0 radical (unpaired) electrons. The van der Waals surface area contributed by atoms with Gasteiger partial charge in [0.25, 0.3) is 11.4 Å². The molecular formula is C30H47N5O6. The lowest BCUT2D eigenvalue weighted by molar-refractivity contribution is -0.385. The highest BCUT2D eigenvalue weighted by Crippen LogP contribution is 2.21. The molecule has 41 heavy (non-hydrogen) atoms. The molecule has 0 aliphatic carbocycles. The molecule has 1 fully saturated rings. The molecule has 1 aliphatic rings. The number of non-ortho nitro benzene ring substituents is 2. The van der Waals surface area contributed by atoms with Gasteiger partial charge in [0, 0.05) is 82.0 Å². The predicted octanol–water partition coefficient (Wildman–Crippen LogP) is 5.24. The molecule has 3 rings (SSSR count). The van der Waals surface area contributed by atoms with Crippen molar-refractivity contribution in [1.29, 1.82) is 0 Å². The van der Waals surface area contributed by atoms with E-state index < -0.39 is 4.92 Å². The molecule has 1 aliphatic heterocycles. The molecule has 2 N–H and O–H groups in total. The fraction of sp³-hybridized carbons (Fsp3) is 0.600. The first-order chi connectivity index (χ1) is 19.8. The van der Waals surface area contributed by atoms with Gasteiger partial charge in [-0.25, -0.2) is 0 Å². The number of benzene rings is 2. The minimum Gasteiger partial charge on any atom is -0.396 e. The maximum Gasteiger partial charge on any atom is 0.269 e. The van der Waals surface area contributed by atoms with E-state index in [1.165, 1.54) is 70.0 Å². The summed E-state index contributed by atoms with van der Waals surface area (Å²) in [7, 11) is 1.82. The van der Waals surface area contributed by atoms with E-state index in [0.717, 1.165) is 44.0 Å². The number of hydrogen-bond acceptors (Lipinski definition) is 9. The van der Waals surface area contributed by atoms with Crippen molar-refractivity contribution in [2.45, 2.75) is 57.8 Å². The second-order valence-electron chi connectivity index (χ2n) is 10.4. The first-order valence-corrected chi connectivity index (χ1v) is 14.7. The van der Waals surface area contributed by atoms with E-state index >= 15 is 0 Å². The second-order valence-corrected chi connectivity index (χ2v) is 10.4. The Morgan fingerprint density at radius 1 is 0.683 bits per heavy atom. The maximum absolute atomic E-state index is 10.7. The van der Waals surface area contributed by atoms with Gasteiger partial charge in [0.1, 0.15) is 0 Å². The van der Waals surface area contributed by atoms with Crippen LogP contribution in [0.15, 0.2) is 48.5 Å². The van der Waals surface area contributed by atoms with E-state index in [0.29, 0.717) is 13.2 Å². The molecule has 0 bridgehead atoms. The minimum atomic E-state index is -0.435. The molecule has 2 aromatic carbocycles. The van der Waals surface area contributed by atoms with Gasteiger partial charge in [-0.2, -0.15) is 0 Å². The summed E-state index contributed by atoms with van der Waals surface area (Å²) < 4.78 is 0. The van der Waals surface area contributed by atoms with Crippen molar-refractivity contribution in [3.8, 4) is 0 Å². The van der Waals surface area contributed by atoms with Gasteiger partial charge in [-0.1, -0.05) is 44.9 Å². The summed E-state index contributed by atoms with van der Waals surface area (Å²) in [5.74, 6) is 0. The van der Waals surface area contributed by atoms with Crippen molar-refractivity contribution >= 4 is 22.7 Å². The van der Waals surface area contributed by atoms with Crippen LogP contribution in [-0.4, -0.2) is 84.5 Å². The van der Waals surface area contributed by atoms with Gasteiger partial charge in [-0.05, 0) is 43.7 Å². The topological polar surface area (TPSA) is 136 Å². The summed E-state index contributed by atoms with van der Waals surface area (Å²) in [6.45, 7) is 6.22. The Hall–Kier alpha value is -3.28. The van der Waals surface area contributed by atoms with Gasteiger partial charge in [0.15, 0.2) is 0 Å². The van der Waals surface area contributed by atoms with Crippen molar-refractivity contribution in [2.75, 3.05) is 69.3 Å². The molecule has 2 aromatic rings. The van der Waals surface area contributed by atoms with Crippen LogP contribution < -0.4 is 9.80 Å². The van der Waals surface area contributed by atoms with Crippen molar-refractivity contribution in [3.05, 3.63) is 68.8 Å². The van der Waals surface area contributed by atoms with Gasteiger partial charge < -0.3 is 20.0 Å². The molecule has 0 atom stereocenters. The molecule has 11 heteroatoms. The summed E-state index contributed by atoms with van der Waals surface area (Å²) in [5, 5.41) is 38.5. The Balaban J connectivity index is 0.000000353. The number of nitro benzene ring substituents is 2. The Labute approximate surface area is 243 Å². The number of unbranched alkanes of at least 4 members (excludes halogenated alkanes) is 8. The molecule has 0 spiro atoms. The van der Waals surface area contributed by atoms with E-state index in [-0.39, 0.29) is 22.9 Å². The number of rotatable bonds is 17. The Morgan fingerprint density at radius 3 is 1.61 bits per heavy atom. The van der Waals surface area contributed by atoms with Crippen LogP contribution in [0.2, 0.25) is 0 Å². The number of nitro groups is 2. The number of aliphatic hydroxyl groups is 2. The van der Waals surface area contributed by atoms with Crippen LogP contribution in [0.3, 0.4) is 0 Å². The first kappa shape index (κ1) is 33.9. The summed E-state index contributed by atoms with van der Waals surface area (Å²) in [5.41, 5.74) is 2.16. The molecule has 1 saturated heterocycles. The molecule has 0 unspecified atom stereocenters. The van der Waals surface area contributed by atoms with Gasteiger partial charge in [-0.3, -0.25) is 25.1 Å². The zero-order valence-electron chi connectivity index (χ0n) is 24.4. The maximum atomic E-state index is 10.7. The summed E-state index contributed by atoms with van der Waals surface area (Å²) in [6, 6.07) is 13.1. The number of anilines is 2. The number of likely N-dealkylation sites (N-methyl/N-ethyl adjacent to an activating group) is 1. The number of aliphatic hydroxyl groups excluding tert-OH is 2. The summed E-state index contributed by atoms with van der Waals surface area (Å²) in [6.07, 6.45) is 11.3. The quantitative estimate of drug-likeness (QED) is 0.148. The standard InChI is InChI=1S/C21H35N3O3.C9H12N2O3/c25-19-9-7-5-3-1-2-4-6-8-14-22-15-17-23(18-16-22)20-10-12-21(13-11-20)24(26)27;1-10(6-7-12)8-2-4-9(5-3-8)11(13)14/h10-13,25H,1-9,14-19H2;2-5,12H,6-7H2,1H3. The van der Waals surface area contributed by atoms with Crippen molar-refractivity contribution in [2.24, 2.45) is 0 Å². The second kappa shape index (κ2) is 19.7. The highest BCUT2D eigenvalue weighted by atomic mass is 16.6. The first-order valence-electron chi connectivity index (χ1n) is 14.7. The van der Waals surface area contributed by atoms with Gasteiger partial charge in [-0.15, -0.1) is 0 Å². The third kappa shape index (κ3) is 13.3. The van der Waals surface area contributed by atoms with Crippen LogP contribution in [0.4, 0.5) is 22.7 Å². The average Bonchev–Trinajstić information content (AvgIpc) is 2.99. The van der Waals surface area contributed by atoms with Gasteiger partial charge in [0.05, 0.1) is 16.5 Å². The minimum absolute atomic E-state index is 0.0630. The van der Waals surface area contributed by atoms with Crippen molar-refractivity contribution in [1.82, 2.24) is 4.90 Å². The Bertz CT molecular complexity index is 997. The molecule has 0 amide bonds. The smallest absolute Gasteiger partial charge is 0.269 e. The third-order valence-electron chi connectivity index (χ3n) is 7.37. The number of hydrogen-bond donors (Lipinski definition) is 2. The van der Waals surface area contributed by atoms with E-state index in [1.54, 1.807) is 24.3 Å². The van der Waals surface area contributed by atoms with Crippen molar-refractivity contribution in [3.63, 3.8) is 0 Å². The third-order valence-corrected chi connectivity index (χ3v) is 7.37. The Kier molecular flexibility index (Phi) is 16.3. The predicted molar refractivity (Wildman–Crippen MR) is 164 cm³/mol. The fourth-order valence-electron chi connectivity index (χ4n) is 4.81. The monoisotopic (exact) mass is 573 g/mol. The molecule has 0 saturated carbocycles.